The number of carbonyl (C=O) groups is 2. The molecule has 2 N–H and O–H groups in total. The average Bonchev–Trinajstić information content (AvgIpc) is 3.16. The first-order valence-electron chi connectivity index (χ1n) is 7.67. The molecule has 0 aliphatic heterocycles. The normalized spacial score (nSPS) is 10.2. The van der Waals surface area contributed by atoms with Gasteiger partial charge in [-0.05, 0) is 52.9 Å². The molecule has 132 valence electrons. The predicted octanol–water partition coefficient (Wildman–Crippen LogP) is 1.88. The van der Waals surface area contributed by atoms with Crippen molar-refractivity contribution in [1.29, 1.82) is 0 Å². The lowest BCUT2D eigenvalue weighted by Crippen LogP contribution is -2.13. The number of nitrogens with one attached hydrogen (secondary N) is 2. The summed E-state index contributed by atoms with van der Waals surface area (Å²) in [5.41, 5.74) is 2.20. The molecule has 0 aliphatic rings. The first-order chi connectivity index (χ1) is 12.6. The van der Waals surface area contributed by atoms with Gasteiger partial charge in [-0.3, -0.25) is 9.59 Å². The monoisotopic (exact) mass is 352 g/mol. The Morgan fingerprint density at radius 1 is 1.08 bits per heavy atom. The van der Waals surface area contributed by atoms with E-state index in [-0.39, 0.29) is 11.8 Å². The Hall–Kier alpha value is -3.75. The van der Waals surface area contributed by atoms with Crippen LogP contribution in [-0.2, 0) is 4.79 Å². The molecule has 0 saturated heterocycles. The van der Waals surface area contributed by atoms with Crippen molar-refractivity contribution in [3.63, 3.8) is 0 Å². The van der Waals surface area contributed by atoms with Gasteiger partial charge in [0.1, 0.15) is 12.1 Å². The summed E-state index contributed by atoms with van der Waals surface area (Å²) in [6, 6.07) is 11.8. The number of methoxy groups -OCH3 is 1. The van der Waals surface area contributed by atoms with Crippen molar-refractivity contribution in [1.82, 2.24) is 20.2 Å². The topological polar surface area (TPSA) is 111 Å². The van der Waals surface area contributed by atoms with Gasteiger partial charge in [-0.25, -0.2) is 4.68 Å². The summed E-state index contributed by atoms with van der Waals surface area (Å²) < 4.78 is 6.74. The molecule has 2 amide bonds. The third-order valence-corrected chi connectivity index (χ3v) is 3.51. The highest BCUT2D eigenvalue weighted by atomic mass is 16.5. The van der Waals surface area contributed by atoms with Crippen molar-refractivity contribution in [2.24, 2.45) is 0 Å². The van der Waals surface area contributed by atoms with Gasteiger partial charge in [-0.1, -0.05) is 0 Å². The minimum Gasteiger partial charge on any atom is -0.495 e. The molecule has 9 nitrogen and oxygen atoms in total. The molecule has 0 fully saturated rings. The molecule has 0 atom stereocenters. The second kappa shape index (κ2) is 7.43. The second-order valence-electron chi connectivity index (χ2n) is 5.35. The van der Waals surface area contributed by atoms with Crippen LogP contribution in [0.2, 0.25) is 0 Å². The Kier molecular flexibility index (Phi) is 4.88. The lowest BCUT2D eigenvalue weighted by Gasteiger charge is -2.12. The molecular formula is C17H16N6O3. The van der Waals surface area contributed by atoms with E-state index in [1.165, 1.54) is 25.0 Å². The molecule has 3 aromatic rings. The SMILES string of the molecule is COc1ccc(NC(C)=O)cc1NC(=O)c1ccc(-n2cnnn2)cc1. The fraction of sp³-hybridized carbons (Fsp3) is 0.118. The maximum atomic E-state index is 12.5. The number of ether oxygens (including phenoxy) is 1. The average molecular weight is 352 g/mol. The van der Waals surface area contributed by atoms with Crippen molar-refractivity contribution >= 4 is 23.2 Å². The van der Waals surface area contributed by atoms with E-state index in [0.717, 1.165) is 5.69 Å². The number of carbonyl (C=O) groups excluding carboxylic acids is 2. The summed E-state index contributed by atoms with van der Waals surface area (Å²) in [5, 5.41) is 16.4. The van der Waals surface area contributed by atoms with E-state index in [0.29, 0.717) is 22.7 Å². The zero-order chi connectivity index (χ0) is 18.5. The van der Waals surface area contributed by atoms with Crippen LogP contribution in [0.1, 0.15) is 17.3 Å². The van der Waals surface area contributed by atoms with Gasteiger partial charge < -0.3 is 15.4 Å². The third-order valence-electron chi connectivity index (χ3n) is 3.51. The Morgan fingerprint density at radius 3 is 2.46 bits per heavy atom. The lowest BCUT2D eigenvalue weighted by atomic mass is 10.2. The minimum absolute atomic E-state index is 0.203. The van der Waals surface area contributed by atoms with Crippen LogP contribution in [0.5, 0.6) is 5.75 Å². The predicted molar refractivity (Wildman–Crippen MR) is 94.4 cm³/mol. The third kappa shape index (κ3) is 3.83. The number of hydrogen-bond donors (Lipinski definition) is 2. The van der Waals surface area contributed by atoms with E-state index in [9.17, 15) is 9.59 Å². The van der Waals surface area contributed by atoms with E-state index in [1.807, 2.05) is 0 Å². The van der Waals surface area contributed by atoms with Crippen molar-refractivity contribution in [2.45, 2.75) is 6.92 Å². The van der Waals surface area contributed by atoms with Gasteiger partial charge in [0.05, 0.1) is 18.5 Å². The fourth-order valence-electron chi connectivity index (χ4n) is 2.33. The molecule has 0 radical (unpaired) electrons. The number of amides is 2. The second-order valence-corrected chi connectivity index (χ2v) is 5.35. The number of nitrogens with zero attached hydrogens (tertiary/aromatic N) is 4. The number of benzene rings is 2. The van der Waals surface area contributed by atoms with Crippen LogP contribution >= 0.6 is 0 Å². The molecule has 1 heterocycles. The van der Waals surface area contributed by atoms with Crippen LogP contribution < -0.4 is 15.4 Å². The van der Waals surface area contributed by atoms with Crippen LogP contribution in [0.4, 0.5) is 11.4 Å². The highest BCUT2D eigenvalue weighted by Gasteiger charge is 2.11. The fourth-order valence-corrected chi connectivity index (χ4v) is 2.33. The molecule has 0 aliphatic carbocycles. The van der Waals surface area contributed by atoms with Crippen molar-refractivity contribution < 1.29 is 14.3 Å². The summed E-state index contributed by atoms with van der Waals surface area (Å²) in [4.78, 5) is 23.7. The quantitative estimate of drug-likeness (QED) is 0.725. The summed E-state index contributed by atoms with van der Waals surface area (Å²) in [6.45, 7) is 1.41. The van der Waals surface area contributed by atoms with Gasteiger partial charge >= 0.3 is 0 Å². The molecule has 1 aromatic heterocycles. The van der Waals surface area contributed by atoms with Crippen LogP contribution in [0.3, 0.4) is 0 Å². The Bertz CT molecular complexity index is 922. The zero-order valence-corrected chi connectivity index (χ0v) is 14.1. The zero-order valence-electron chi connectivity index (χ0n) is 14.1. The van der Waals surface area contributed by atoms with E-state index < -0.39 is 0 Å². The van der Waals surface area contributed by atoms with Gasteiger partial charge in [0.15, 0.2) is 0 Å². The first-order valence-corrected chi connectivity index (χ1v) is 7.67. The minimum atomic E-state index is -0.313. The van der Waals surface area contributed by atoms with Gasteiger partial charge in [-0.15, -0.1) is 5.10 Å². The summed E-state index contributed by atoms with van der Waals surface area (Å²) in [7, 11) is 1.50. The van der Waals surface area contributed by atoms with Crippen molar-refractivity contribution in [2.75, 3.05) is 17.7 Å². The van der Waals surface area contributed by atoms with E-state index >= 15 is 0 Å². The van der Waals surface area contributed by atoms with Gasteiger partial charge in [0.2, 0.25) is 5.91 Å². The summed E-state index contributed by atoms with van der Waals surface area (Å²) >= 11 is 0. The summed E-state index contributed by atoms with van der Waals surface area (Å²) in [5.74, 6) is -0.0325. The van der Waals surface area contributed by atoms with Crippen LogP contribution in [-0.4, -0.2) is 39.1 Å². The molecule has 0 bridgehead atoms. The van der Waals surface area contributed by atoms with E-state index in [2.05, 4.69) is 26.2 Å². The molecule has 26 heavy (non-hydrogen) atoms. The Balaban J connectivity index is 1.79. The molecule has 9 heteroatoms. The number of hydrogen-bond acceptors (Lipinski definition) is 6. The lowest BCUT2D eigenvalue weighted by molar-refractivity contribution is -0.114. The first kappa shape index (κ1) is 17.1. The van der Waals surface area contributed by atoms with E-state index in [1.54, 1.807) is 42.5 Å². The largest absolute Gasteiger partial charge is 0.495 e. The molecule has 2 aromatic carbocycles. The Labute approximate surface area is 149 Å². The molecule has 0 saturated carbocycles. The smallest absolute Gasteiger partial charge is 0.255 e. The molecule has 0 spiro atoms. The Morgan fingerprint density at radius 2 is 1.85 bits per heavy atom. The number of rotatable bonds is 5. The highest BCUT2D eigenvalue weighted by molar-refractivity contribution is 6.05. The highest BCUT2D eigenvalue weighted by Crippen LogP contribution is 2.28. The maximum Gasteiger partial charge on any atom is 0.255 e. The van der Waals surface area contributed by atoms with Gasteiger partial charge in [0.25, 0.3) is 5.91 Å². The van der Waals surface area contributed by atoms with E-state index in [4.69, 9.17) is 4.74 Å². The maximum absolute atomic E-state index is 12.5. The van der Waals surface area contributed by atoms with Crippen molar-refractivity contribution in [3.05, 3.63) is 54.4 Å². The number of aromatic nitrogens is 4. The molecule has 3 rings (SSSR count). The van der Waals surface area contributed by atoms with Crippen LogP contribution in [0, 0.1) is 0 Å². The van der Waals surface area contributed by atoms with Gasteiger partial charge in [0, 0.05) is 18.2 Å². The van der Waals surface area contributed by atoms with Crippen LogP contribution in [0.15, 0.2) is 48.8 Å². The van der Waals surface area contributed by atoms with Gasteiger partial charge in [-0.2, -0.15) is 0 Å². The number of anilines is 2. The van der Waals surface area contributed by atoms with Crippen molar-refractivity contribution in [3.8, 4) is 11.4 Å². The standard InChI is InChI=1S/C17H16N6O3/c1-11(24)19-13-5-8-16(26-2)15(9-13)20-17(25)12-3-6-14(7-4-12)23-10-18-21-22-23/h3-10H,1-2H3,(H,19,24)(H,20,25). The number of tetrazole rings is 1. The van der Waals surface area contributed by atoms with Crippen LogP contribution in [0.25, 0.3) is 5.69 Å². The summed E-state index contributed by atoms with van der Waals surface area (Å²) in [6.07, 6.45) is 1.47. The molecule has 0 unspecified atom stereocenters. The molecular weight excluding hydrogens is 336 g/mol.